The smallest absolute Gasteiger partial charge is 0.353 e. The van der Waals surface area contributed by atoms with Gasteiger partial charge in [0.25, 0.3) is 0 Å². The molecule has 0 saturated carbocycles. The topological polar surface area (TPSA) is 110 Å². The van der Waals surface area contributed by atoms with Crippen LogP contribution in [0.4, 0.5) is 0 Å². The molecule has 132 valence electrons. The number of carbonyl (C=O) groups is 3. The highest BCUT2D eigenvalue weighted by atomic mass is 16.6. The van der Waals surface area contributed by atoms with Gasteiger partial charge in [-0.3, -0.25) is 4.79 Å². The Labute approximate surface area is 140 Å². The molecule has 0 aliphatic heterocycles. The maximum Gasteiger partial charge on any atom is 0.353 e. The van der Waals surface area contributed by atoms with E-state index in [0.29, 0.717) is 0 Å². The third kappa shape index (κ3) is 3.91. The molecular formula is C17H22O7. The minimum absolute atomic E-state index is 0.0100. The first-order chi connectivity index (χ1) is 11.2. The Morgan fingerprint density at radius 3 is 2.50 bits per heavy atom. The predicted octanol–water partition coefficient (Wildman–Crippen LogP) is 1.38. The Kier molecular flexibility index (Phi) is 6.48. The number of aliphatic hydroxyl groups is 1. The van der Waals surface area contributed by atoms with Gasteiger partial charge in [0.2, 0.25) is 5.60 Å². The standard InChI is InChI=1S/C17H22O7/c1-5-23-15(20)13-8-6-7-12(9-11(4)18)17(13,16(21)22)24-14(19)10(2)3/h6-8,11,13,18H,2,5,9H2,1,3-4H3,(H,21,22). The zero-order chi connectivity index (χ0) is 18.5. The van der Waals surface area contributed by atoms with E-state index < -0.39 is 35.5 Å². The summed E-state index contributed by atoms with van der Waals surface area (Å²) in [4.78, 5) is 36.4. The molecule has 3 atom stereocenters. The van der Waals surface area contributed by atoms with Gasteiger partial charge in [0, 0.05) is 5.57 Å². The molecule has 1 aliphatic rings. The van der Waals surface area contributed by atoms with Gasteiger partial charge < -0.3 is 19.7 Å². The van der Waals surface area contributed by atoms with Gasteiger partial charge in [0.05, 0.1) is 12.7 Å². The Bertz CT molecular complexity index is 600. The maximum atomic E-state index is 12.3. The van der Waals surface area contributed by atoms with Crippen LogP contribution >= 0.6 is 0 Å². The average molecular weight is 338 g/mol. The molecule has 3 unspecified atom stereocenters. The van der Waals surface area contributed by atoms with Crippen LogP contribution in [0.3, 0.4) is 0 Å². The van der Waals surface area contributed by atoms with Gasteiger partial charge in [-0.25, -0.2) is 9.59 Å². The van der Waals surface area contributed by atoms with E-state index in [9.17, 15) is 24.6 Å². The lowest BCUT2D eigenvalue weighted by Gasteiger charge is -2.37. The monoisotopic (exact) mass is 338 g/mol. The van der Waals surface area contributed by atoms with Gasteiger partial charge in [-0.05, 0) is 32.8 Å². The second-order valence-electron chi connectivity index (χ2n) is 5.57. The molecule has 1 aliphatic carbocycles. The fraction of sp³-hybridized carbons (Fsp3) is 0.471. The van der Waals surface area contributed by atoms with Crippen LogP contribution in [-0.2, 0) is 23.9 Å². The number of carbonyl (C=O) groups excluding carboxylic acids is 2. The van der Waals surface area contributed by atoms with E-state index >= 15 is 0 Å². The summed E-state index contributed by atoms with van der Waals surface area (Å²) in [6, 6.07) is 0. The van der Waals surface area contributed by atoms with Crippen molar-refractivity contribution in [3.05, 3.63) is 36.0 Å². The van der Waals surface area contributed by atoms with Crippen molar-refractivity contribution in [1.29, 1.82) is 0 Å². The normalized spacial score (nSPS) is 23.8. The number of allylic oxidation sites excluding steroid dienone is 2. The lowest BCUT2D eigenvalue weighted by atomic mass is 9.75. The second kappa shape index (κ2) is 7.92. The number of hydrogen-bond acceptors (Lipinski definition) is 6. The Morgan fingerprint density at radius 2 is 2.04 bits per heavy atom. The van der Waals surface area contributed by atoms with Crippen molar-refractivity contribution in [3.63, 3.8) is 0 Å². The van der Waals surface area contributed by atoms with Crippen molar-refractivity contribution < 1.29 is 34.1 Å². The number of esters is 2. The van der Waals surface area contributed by atoms with Gasteiger partial charge in [-0.15, -0.1) is 0 Å². The summed E-state index contributed by atoms with van der Waals surface area (Å²) in [7, 11) is 0. The SMILES string of the molecule is C=C(C)C(=O)OC1(C(=O)O)C(CC(C)O)=CC=CC1C(=O)OCC. The number of rotatable bonds is 7. The highest BCUT2D eigenvalue weighted by molar-refractivity contribution is 5.96. The van der Waals surface area contributed by atoms with E-state index in [4.69, 9.17) is 9.47 Å². The van der Waals surface area contributed by atoms with Gasteiger partial charge >= 0.3 is 17.9 Å². The molecule has 0 heterocycles. The van der Waals surface area contributed by atoms with Gasteiger partial charge in [-0.1, -0.05) is 24.8 Å². The zero-order valence-electron chi connectivity index (χ0n) is 13.9. The first-order valence-corrected chi connectivity index (χ1v) is 7.51. The summed E-state index contributed by atoms with van der Waals surface area (Å²) in [5.41, 5.74) is -2.20. The lowest BCUT2D eigenvalue weighted by Crippen LogP contribution is -2.55. The average Bonchev–Trinajstić information content (AvgIpc) is 2.47. The number of carboxylic acids is 1. The van der Waals surface area contributed by atoms with E-state index in [1.807, 2.05) is 0 Å². The van der Waals surface area contributed by atoms with Crippen molar-refractivity contribution in [2.75, 3.05) is 6.61 Å². The molecule has 0 spiro atoms. The lowest BCUT2D eigenvalue weighted by molar-refractivity contribution is -0.182. The van der Waals surface area contributed by atoms with Crippen LogP contribution in [0.5, 0.6) is 0 Å². The van der Waals surface area contributed by atoms with E-state index in [2.05, 4.69) is 6.58 Å². The summed E-state index contributed by atoms with van der Waals surface area (Å²) in [6.45, 7) is 7.89. The molecule has 24 heavy (non-hydrogen) atoms. The molecule has 2 N–H and O–H groups in total. The molecule has 7 heteroatoms. The number of ether oxygens (including phenoxy) is 2. The summed E-state index contributed by atoms with van der Waals surface area (Å²) >= 11 is 0. The second-order valence-corrected chi connectivity index (χ2v) is 5.57. The molecule has 0 fully saturated rings. The highest BCUT2D eigenvalue weighted by Gasteiger charge is 2.56. The van der Waals surface area contributed by atoms with Gasteiger partial charge in [0.15, 0.2) is 0 Å². The van der Waals surface area contributed by atoms with Crippen molar-refractivity contribution in [2.24, 2.45) is 5.92 Å². The van der Waals surface area contributed by atoms with Crippen LogP contribution in [0.1, 0.15) is 27.2 Å². The zero-order valence-corrected chi connectivity index (χ0v) is 13.9. The molecule has 0 amide bonds. The Hall–Kier alpha value is -2.41. The molecule has 0 aromatic rings. The van der Waals surface area contributed by atoms with E-state index in [0.717, 1.165) is 0 Å². The molecular weight excluding hydrogens is 316 g/mol. The minimum atomic E-state index is -2.28. The highest BCUT2D eigenvalue weighted by Crippen LogP contribution is 2.39. The van der Waals surface area contributed by atoms with Crippen molar-refractivity contribution >= 4 is 17.9 Å². The van der Waals surface area contributed by atoms with Crippen LogP contribution in [0.25, 0.3) is 0 Å². The molecule has 0 aromatic heterocycles. The van der Waals surface area contributed by atoms with Crippen LogP contribution in [0.2, 0.25) is 0 Å². The summed E-state index contributed by atoms with van der Waals surface area (Å²) in [5, 5.41) is 19.5. The van der Waals surface area contributed by atoms with Gasteiger partial charge in [-0.2, -0.15) is 0 Å². The minimum Gasteiger partial charge on any atom is -0.478 e. The molecule has 0 aromatic carbocycles. The molecule has 7 nitrogen and oxygen atoms in total. The number of hydrogen-bond donors (Lipinski definition) is 2. The number of aliphatic hydroxyl groups excluding tert-OH is 1. The number of carboxylic acid groups (broad SMARTS) is 1. The van der Waals surface area contributed by atoms with Crippen molar-refractivity contribution in [1.82, 2.24) is 0 Å². The van der Waals surface area contributed by atoms with Crippen LogP contribution in [-0.4, -0.2) is 46.4 Å². The first-order valence-electron chi connectivity index (χ1n) is 7.51. The number of aliphatic carboxylic acids is 1. The van der Waals surface area contributed by atoms with Crippen LogP contribution < -0.4 is 0 Å². The molecule has 0 bridgehead atoms. The third-order valence-corrected chi connectivity index (χ3v) is 3.49. The predicted molar refractivity (Wildman–Crippen MR) is 84.9 cm³/mol. The maximum absolute atomic E-state index is 12.3. The Morgan fingerprint density at radius 1 is 1.42 bits per heavy atom. The van der Waals surface area contributed by atoms with E-state index in [-0.39, 0.29) is 24.2 Å². The first kappa shape index (κ1) is 19.6. The quantitative estimate of drug-likeness (QED) is 0.533. The van der Waals surface area contributed by atoms with Crippen molar-refractivity contribution in [2.45, 2.75) is 38.9 Å². The van der Waals surface area contributed by atoms with Crippen LogP contribution in [0.15, 0.2) is 36.0 Å². The fourth-order valence-electron chi connectivity index (χ4n) is 2.43. The third-order valence-electron chi connectivity index (χ3n) is 3.49. The van der Waals surface area contributed by atoms with Crippen LogP contribution in [0, 0.1) is 5.92 Å². The van der Waals surface area contributed by atoms with E-state index in [1.165, 1.54) is 32.1 Å². The van der Waals surface area contributed by atoms with E-state index in [1.54, 1.807) is 6.92 Å². The summed E-state index contributed by atoms with van der Waals surface area (Å²) < 4.78 is 10.2. The molecule has 0 saturated heterocycles. The Balaban J connectivity index is 3.47. The van der Waals surface area contributed by atoms with Crippen molar-refractivity contribution in [3.8, 4) is 0 Å². The largest absolute Gasteiger partial charge is 0.478 e. The molecule has 0 radical (unpaired) electrons. The summed E-state index contributed by atoms with van der Waals surface area (Å²) in [5.74, 6) is -4.66. The molecule has 1 rings (SSSR count). The van der Waals surface area contributed by atoms with Gasteiger partial charge in [0.1, 0.15) is 5.92 Å². The summed E-state index contributed by atoms with van der Waals surface area (Å²) in [6.07, 6.45) is 3.23. The fourth-order valence-corrected chi connectivity index (χ4v) is 2.43.